The smallest absolute Gasteiger partial charge is 0.162 e. The van der Waals surface area contributed by atoms with Gasteiger partial charge in [-0.3, -0.25) is 0 Å². The molecule has 0 saturated carbocycles. The SMILES string of the molecule is CCNC(C)(CO)CCSc1ccc2c(c1)OCCCO2. The summed E-state index contributed by atoms with van der Waals surface area (Å²) in [6.07, 6.45) is 1.84. The molecule has 2 N–H and O–H groups in total. The van der Waals surface area contributed by atoms with Crippen molar-refractivity contribution < 1.29 is 14.6 Å². The highest BCUT2D eigenvalue weighted by atomic mass is 32.2. The average Bonchev–Trinajstić information content (AvgIpc) is 2.72. The summed E-state index contributed by atoms with van der Waals surface area (Å²) in [6, 6.07) is 6.11. The Morgan fingerprint density at radius 3 is 2.76 bits per heavy atom. The largest absolute Gasteiger partial charge is 0.490 e. The van der Waals surface area contributed by atoms with E-state index in [-0.39, 0.29) is 12.1 Å². The summed E-state index contributed by atoms with van der Waals surface area (Å²) in [5.41, 5.74) is -0.201. The Hall–Kier alpha value is -0.910. The van der Waals surface area contributed by atoms with Crippen molar-refractivity contribution in [2.75, 3.05) is 32.1 Å². The van der Waals surface area contributed by atoms with E-state index in [0.29, 0.717) is 6.61 Å². The molecular formula is C16H25NO3S. The quantitative estimate of drug-likeness (QED) is 0.758. The van der Waals surface area contributed by atoms with Gasteiger partial charge in [-0.15, -0.1) is 11.8 Å². The zero-order chi connectivity index (χ0) is 15.1. The first-order valence-electron chi connectivity index (χ1n) is 7.55. The van der Waals surface area contributed by atoms with Crippen LogP contribution in [0.15, 0.2) is 23.1 Å². The number of hydrogen-bond acceptors (Lipinski definition) is 5. The number of thioether (sulfide) groups is 1. The highest BCUT2D eigenvalue weighted by Gasteiger charge is 2.21. The van der Waals surface area contributed by atoms with Gasteiger partial charge in [0, 0.05) is 16.9 Å². The third kappa shape index (κ3) is 4.80. The Kier molecular flexibility index (Phi) is 6.21. The van der Waals surface area contributed by atoms with Gasteiger partial charge in [0.05, 0.1) is 19.8 Å². The lowest BCUT2D eigenvalue weighted by Gasteiger charge is -2.28. The maximum atomic E-state index is 9.49. The van der Waals surface area contributed by atoms with E-state index in [4.69, 9.17) is 9.47 Å². The number of ether oxygens (including phenoxy) is 2. The van der Waals surface area contributed by atoms with Crippen LogP contribution in [0.4, 0.5) is 0 Å². The normalized spacial score (nSPS) is 17.1. The summed E-state index contributed by atoms with van der Waals surface area (Å²) < 4.78 is 11.3. The molecule has 118 valence electrons. The monoisotopic (exact) mass is 311 g/mol. The van der Waals surface area contributed by atoms with Gasteiger partial charge in [-0.2, -0.15) is 0 Å². The van der Waals surface area contributed by atoms with E-state index in [0.717, 1.165) is 43.2 Å². The van der Waals surface area contributed by atoms with Gasteiger partial charge in [-0.05, 0) is 43.8 Å². The molecule has 0 radical (unpaired) electrons. The number of aliphatic hydroxyl groups excluding tert-OH is 1. The van der Waals surface area contributed by atoms with Gasteiger partial charge in [0.2, 0.25) is 0 Å². The van der Waals surface area contributed by atoms with Crippen LogP contribution in [0.1, 0.15) is 26.7 Å². The van der Waals surface area contributed by atoms with Crippen LogP contribution in [0.2, 0.25) is 0 Å². The molecule has 1 aliphatic rings. The van der Waals surface area contributed by atoms with Crippen molar-refractivity contribution in [3.05, 3.63) is 18.2 Å². The number of nitrogens with one attached hydrogen (secondary N) is 1. The van der Waals surface area contributed by atoms with E-state index >= 15 is 0 Å². The van der Waals surface area contributed by atoms with Crippen molar-refractivity contribution in [3.8, 4) is 11.5 Å². The lowest BCUT2D eigenvalue weighted by Crippen LogP contribution is -2.46. The molecule has 0 spiro atoms. The molecule has 1 aliphatic heterocycles. The minimum Gasteiger partial charge on any atom is -0.490 e. The molecule has 0 amide bonds. The second-order valence-corrected chi connectivity index (χ2v) is 6.67. The Balaban J connectivity index is 1.90. The Morgan fingerprint density at radius 2 is 2.05 bits per heavy atom. The van der Waals surface area contributed by atoms with Crippen LogP contribution in [-0.4, -0.2) is 42.8 Å². The molecule has 0 aliphatic carbocycles. The van der Waals surface area contributed by atoms with Crippen molar-refractivity contribution >= 4 is 11.8 Å². The molecule has 0 bridgehead atoms. The van der Waals surface area contributed by atoms with Gasteiger partial charge in [-0.1, -0.05) is 6.92 Å². The zero-order valence-corrected chi connectivity index (χ0v) is 13.7. The van der Waals surface area contributed by atoms with Crippen molar-refractivity contribution in [1.29, 1.82) is 0 Å². The van der Waals surface area contributed by atoms with Crippen molar-refractivity contribution in [2.24, 2.45) is 0 Å². The van der Waals surface area contributed by atoms with Crippen LogP contribution in [0.25, 0.3) is 0 Å². The first-order chi connectivity index (χ1) is 10.2. The van der Waals surface area contributed by atoms with Crippen LogP contribution in [0, 0.1) is 0 Å². The molecule has 21 heavy (non-hydrogen) atoms. The van der Waals surface area contributed by atoms with Gasteiger partial charge in [0.25, 0.3) is 0 Å². The molecule has 0 aromatic heterocycles. The second-order valence-electron chi connectivity index (χ2n) is 5.51. The first kappa shape index (κ1) is 16.5. The maximum absolute atomic E-state index is 9.49. The lowest BCUT2D eigenvalue weighted by atomic mass is 10.0. The third-order valence-electron chi connectivity index (χ3n) is 3.59. The number of fused-ring (bicyclic) bond motifs is 1. The van der Waals surface area contributed by atoms with Crippen molar-refractivity contribution in [3.63, 3.8) is 0 Å². The van der Waals surface area contributed by atoms with Crippen molar-refractivity contribution in [1.82, 2.24) is 5.32 Å². The zero-order valence-electron chi connectivity index (χ0n) is 12.9. The summed E-state index contributed by atoms with van der Waals surface area (Å²) in [5.74, 6) is 2.63. The molecule has 1 atom stereocenters. The van der Waals surface area contributed by atoms with Crippen molar-refractivity contribution in [2.45, 2.75) is 37.1 Å². The topological polar surface area (TPSA) is 50.7 Å². The molecule has 1 aromatic rings. The third-order valence-corrected chi connectivity index (χ3v) is 4.59. The van der Waals surface area contributed by atoms with Gasteiger partial charge in [0.15, 0.2) is 11.5 Å². The molecular weight excluding hydrogens is 286 g/mol. The van der Waals surface area contributed by atoms with Gasteiger partial charge in [0.1, 0.15) is 0 Å². The molecule has 4 nitrogen and oxygen atoms in total. The highest BCUT2D eigenvalue weighted by Crippen LogP contribution is 2.34. The Morgan fingerprint density at radius 1 is 1.29 bits per heavy atom. The van der Waals surface area contributed by atoms with Crippen LogP contribution < -0.4 is 14.8 Å². The minimum atomic E-state index is -0.201. The highest BCUT2D eigenvalue weighted by molar-refractivity contribution is 7.99. The number of rotatable bonds is 7. The second kappa shape index (κ2) is 7.92. The summed E-state index contributed by atoms with van der Waals surface area (Å²) >= 11 is 1.78. The van der Waals surface area contributed by atoms with E-state index in [1.165, 1.54) is 4.90 Å². The van der Waals surface area contributed by atoms with E-state index in [9.17, 15) is 5.11 Å². The van der Waals surface area contributed by atoms with Crippen LogP contribution in [-0.2, 0) is 0 Å². The number of benzene rings is 1. The lowest BCUT2D eigenvalue weighted by molar-refractivity contribution is 0.173. The fraction of sp³-hybridized carbons (Fsp3) is 0.625. The molecule has 1 heterocycles. The van der Waals surface area contributed by atoms with Crippen LogP contribution in [0.3, 0.4) is 0 Å². The molecule has 2 rings (SSSR count). The maximum Gasteiger partial charge on any atom is 0.162 e. The van der Waals surface area contributed by atoms with Crippen LogP contribution in [0.5, 0.6) is 11.5 Å². The summed E-state index contributed by atoms with van der Waals surface area (Å²) in [5, 5.41) is 12.8. The Labute approximate surface area is 131 Å². The van der Waals surface area contributed by atoms with Gasteiger partial charge < -0.3 is 19.9 Å². The molecule has 1 unspecified atom stereocenters. The van der Waals surface area contributed by atoms with Gasteiger partial charge >= 0.3 is 0 Å². The van der Waals surface area contributed by atoms with Crippen LogP contribution >= 0.6 is 11.8 Å². The number of likely N-dealkylation sites (N-methyl/N-ethyl adjacent to an activating group) is 1. The molecule has 0 saturated heterocycles. The predicted molar refractivity (Wildman–Crippen MR) is 86.6 cm³/mol. The molecule has 5 heteroatoms. The van der Waals surface area contributed by atoms with E-state index in [1.54, 1.807) is 11.8 Å². The standard InChI is InChI=1S/C16H25NO3S/c1-3-17-16(2,12-18)7-10-21-13-5-6-14-15(11-13)20-9-4-8-19-14/h5-6,11,17-18H,3-4,7-10,12H2,1-2H3. The summed E-state index contributed by atoms with van der Waals surface area (Å²) in [4.78, 5) is 1.18. The first-order valence-corrected chi connectivity index (χ1v) is 8.54. The fourth-order valence-corrected chi connectivity index (χ4v) is 3.42. The summed E-state index contributed by atoms with van der Waals surface area (Å²) in [6.45, 7) is 6.57. The average molecular weight is 311 g/mol. The van der Waals surface area contributed by atoms with E-state index in [2.05, 4.69) is 31.3 Å². The van der Waals surface area contributed by atoms with E-state index in [1.807, 2.05) is 6.07 Å². The summed E-state index contributed by atoms with van der Waals surface area (Å²) in [7, 11) is 0. The minimum absolute atomic E-state index is 0.155. The Bertz CT molecular complexity index is 455. The molecule has 1 aromatic carbocycles. The number of hydrogen-bond donors (Lipinski definition) is 2. The molecule has 0 fully saturated rings. The fourth-order valence-electron chi connectivity index (χ4n) is 2.28. The van der Waals surface area contributed by atoms with E-state index < -0.39 is 0 Å². The van der Waals surface area contributed by atoms with Gasteiger partial charge in [-0.25, -0.2) is 0 Å². The number of aliphatic hydroxyl groups is 1. The predicted octanol–water partition coefficient (Wildman–Crippen LogP) is 2.69.